The van der Waals surface area contributed by atoms with Crippen LogP contribution in [0.25, 0.3) is 0 Å². The summed E-state index contributed by atoms with van der Waals surface area (Å²) >= 11 is 0. The first-order valence-corrected chi connectivity index (χ1v) is 5.12. The molecule has 1 N–H and O–H groups in total. The third-order valence-corrected chi connectivity index (χ3v) is 2.75. The molecule has 1 heterocycles. The van der Waals surface area contributed by atoms with Gasteiger partial charge in [-0.25, -0.2) is 0 Å². The van der Waals surface area contributed by atoms with Crippen LogP contribution in [-0.2, 0) is 0 Å². The van der Waals surface area contributed by atoms with Gasteiger partial charge in [-0.05, 0) is 19.8 Å². The van der Waals surface area contributed by atoms with Crippen LogP contribution in [0.3, 0.4) is 0 Å². The van der Waals surface area contributed by atoms with Gasteiger partial charge in [0.25, 0.3) is 0 Å². The van der Waals surface area contributed by atoms with Crippen molar-refractivity contribution in [3.8, 4) is 0 Å². The van der Waals surface area contributed by atoms with Crippen LogP contribution in [0.2, 0.25) is 0 Å². The Bertz CT molecular complexity index is 320. The maximum atomic E-state index is 11.9. The van der Waals surface area contributed by atoms with Gasteiger partial charge in [0.15, 0.2) is 5.78 Å². The van der Waals surface area contributed by atoms with Crippen LogP contribution in [0.5, 0.6) is 0 Å². The highest BCUT2D eigenvalue weighted by Crippen LogP contribution is 2.15. The Balaban J connectivity index is 2.10. The van der Waals surface area contributed by atoms with E-state index in [9.17, 15) is 4.79 Å². The molecule has 2 unspecified atom stereocenters. The van der Waals surface area contributed by atoms with E-state index in [0.717, 1.165) is 18.4 Å². The van der Waals surface area contributed by atoms with Crippen molar-refractivity contribution in [3.63, 3.8) is 0 Å². The molecule has 1 fully saturated rings. The van der Waals surface area contributed by atoms with Gasteiger partial charge in [0, 0.05) is 11.6 Å². The lowest BCUT2D eigenvalue weighted by atomic mass is 10.0. The minimum Gasteiger partial charge on any atom is -0.305 e. The Kier molecular flexibility index (Phi) is 2.64. The number of nitrogens with one attached hydrogen (secondary N) is 1. The molecule has 2 heteroatoms. The van der Waals surface area contributed by atoms with Crippen molar-refractivity contribution in [2.24, 2.45) is 0 Å². The van der Waals surface area contributed by atoms with Crippen LogP contribution < -0.4 is 5.32 Å². The highest BCUT2D eigenvalue weighted by atomic mass is 16.1. The maximum Gasteiger partial charge on any atom is 0.179 e. The average Bonchev–Trinajstić information content (AvgIpc) is 2.65. The van der Waals surface area contributed by atoms with Crippen molar-refractivity contribution in [2.45, 2.75) is 31.8 Å². The standard InChI is InChI=1S/C12H15NO/c1-9-7-8-11(13-9)12(14)10-5-3-2-4-6-10/h2-6,9,11,13H,7-8H2,1H3. The molecule has 0 aromatic heterocycles. The Morgan fingerprint density at radius 1 is 1.29 bits per heavy atom. The van der Waals surface area contributed by atoms with Crippen molar-refractivity contribution in [1.29, 1.82) is 0 Å². The predicted octanol–water partition coefficient (Wildman–Crippen LogP) is 2.01. The van der Waals surface area contributed by atoms with Crippen molar-refractivity contribution in [3.05, 3.63) is 35.9 Å². The number of carbonyl (C=O) groups is 1. The molecule has 0 radical (unpaired) electrons. The van der Waals surface area contributed by atoms with Crippen molar-refractivity contribution in [2.75, 3.05) is 0 Å². The molecule has 14 heavy (non-hydrogen) atoms. The summed E-state index contributed by atoms with van der Waals surface area (Å²) in [6, 6.07) is 10.0. The molecule has 1 aliphatic rings. The minimum atomic E-state index is 0.0346. The smallest absolute Gasteiger partial charge is 0.179 e. The molecular formula is C12H15NO. The molecule has 0 saturated carbocycles. The van der Waals surface area contributed by atoms with E-state index in [1.807, 2.05) is 30.3 Å². The Morgan fingerprint density at radius 2 is 2.00 bits per heavy atom. The summed E-state index contributed by atoms with van der Waals surface area (Å²) in [6.45, 7) is 2.12. The predicted molar refractivity (Wildman–Crippen MR) is 56.4 cm³/mol. The second-order valence-electron chi connectivity index (χ2n) is 3.93. The van der Waals surface area contributed by atoms with Crippen molar-refractivity contribution < 1.29 is 4.79 Å². The summed E-state index contributed by atoms with van der Waals surface area (Å²) < 4.78 is 0. The molecule has 0 bridgehead atoms. The fraction of sp³-hybridized carbons (Fsp3) is 0.417. The van der Waals surface area contributed by atoms with E-state index in [1.165, 1.54) is 0 Å². The quantitative estimate of drug-likeness (QED) is 0.721. The summed E-state index contributed by atoms with van der Waals surface area (Å²) in [6.07, 6.45) is 2.07. The Labute approximate surface area is 84.3 Å². The van der Waals surface area contributed by atoms with Crippen LogP contribution >= 0.6 is 0 Å². The first-order valence-electron chi connectivity index (χ1n) is 5.12. The molecule has 1 aliphatic heterocycles. The normalized spacial score (nSPS) is 26.4. The molecule has 1 aromatic carbocycles. The molecule has 2 rings (SSSR count). The van der Waals surface area contributed by atoms with E-state index in [1.54, 1.807) is 0 Å². The van der Waals surface area contributed by atoms with E-state index in [4.69, 9.17) is 0 Å². The number of Topliss-reactive ketones (excluding diaryl/α,β-unsaturated/α-hetero) is 1. The number of benzene rings is 1. The SMILES string of the molecule is CC1CCC(C(=O)c2ccccc2)N1. The molecule has 1 aromatic rings. The third-order valence-electron chi connectivity index (χ3n) is 2.75. The minimum absolute atomic E-state index is 0.0346. The van der Waals surface area contributed by atoms with E-state index in [0.29, 0.717) is 6.04 Å². The number of carbonyl (C=O) groups excluding carboxylic acids is 1. The average molecular weight is 189 g/mol. The lowest BCUT2D eigenvalue weighted by Crippen LogP contribution is -2.34. The summed E-state index contributed by atoms with van der Waals surface area (Å²) in [5.41, 5.74) is 0.819. The Morgan fingerprint density at radius 3 is 2.57 bits per heavy atom. The van der Waals surface area contributed by atoms with Crippen molar-refractivity contribution in [1.82, 2.24) is 5.32 Å². The summed E-state index contributed by atoms with van der Waals surface area (Å²) in [5.74, 6) is 0.231. The topological polar surface area (TPSA) is 29.1 Å². The second kappa shape index (κ2) is 3.93. The van der Waals surface area contributed by atoms with Gasteiger partial charge in [0.05, 0.1) is 6.04 Å². The molecular weight excluding hydrogens is 174 g/mol. The van der Waals surface area contributed by atoms with Crippen molar-refractivity contribution >= 4 is 5.78 Å². The number of rotatable bonds is 2. The number of hydrogen-bond acceptors (Lipinski definition) is 2. The van der Waals surface area contributed by atoms with Gasteiger partial charge in [-0.2, -0.15) is 0 Å². The van der Waals surface area contributed by atoms with Gasteiger partial charge in [-0.3, -0.25) is 4.79 Å². The van der Waals surface area contributed by atoms with Crippen LogP contribution in [0.4, 0.5) is 0 Å². The van der Waals surface area contributed by atoms with Crippen LogP contribution in [0.1, 0.15) is 30.1 Å². The second-order valence-corrected chi connectivity index (χ2v) is 3.93. The van der Waals surface area contributed by atoms with Gasteiger partial charge in [-0.15, -0.1) is 0 Å². The van der Waals surface area contributed by atoms with E-state index in [2.05, 4.69) is 12.2 Å². The molecule has 2 nitrogen and oxygen atoms in total. The fourth-order valence-corrected chi connectivity index (χ4v) is 1.94. The Hall–Kier alpha value is -1.15. The van der Waals surface area contributed by atoms with Crippen LogP contribution in [0.15, 0.2) is 30.3 Å². The molecule has 74 valence electrons. The van der Waals surface area contributed by atoms with Gasteiger partial charge in [0.1, 0.15) is 0 Å². The monoisotopic (exact) mass is 189 g/mol. The third kappa shape index (κ3) is 1.85. The zero-order valence-corrected chi connectivity index (χ0v) is 8.36. The summed E-state index contributed by atoms with van der Waals surface area (Å²) in [5, 5.41) is 3.30. The first kappa shape index (κ1) is 9.41. The largest absolute Gasteiger partial charge is 0.305 e. The lowest BCUT2D eigenvalue weighted by Gasteiger charge is -2.10. The summed E-state index contributed by atoms with van der Waals surface area (Å²) in [7, 11) is 0. The molecule has 0 aliphatic carbocycles. The number of ketones is 1. The number of hydrogen-bond donors (Lipinski definition) is 1. The molecule has 1 saturated heterocycles. The lowest BCUT2D eigenvalue weighted by molar-refractivity contribution is 0.0950. The maximum absolute atomic E-state index is 11.9. The fourth-order valence-electron chi connectivity index (χ4n) is 1.94. The van der Waals surface area contributed by atoms with E-state index < -0.39 is 0 Å². The highest BCUT2D eigenvalue weighted by Gasteiger charge is 2.26. The first-order chi connectivity index (χ1) is 6.77. The van der Waals surface area contributed by atoms with Gasteiger partial charge in [-0.1, -0.05) is 30.3 Å². The zero-order valence-electron chi connectivity index (χ0n) is 8.36. The molecule has 0 spiro atoms. The van der Waals surface area contributed by atoms with Gasteiger partial charge in [0.2, 0.25) is 0 Å². The zero-order chi connectivity index (χ0) is 9.97. The molecule has 0 amide bonds. The summed E-state index contributed by atoms with van der Waals surface area (Å²) in [4.78, 5) is 11.9. The van der Waals surface area contributed by atoms with Crippen LogP contribution in [-0.4, -0.2) is 17.9 Å². The van der Waals surface area contributed by atoms with Gasteiger partial charge >= 0.3 is 0 Å². The van der Waals surface area contributed by atoms with E-state index >= 15 is 0 Å². The highest BCUT2D eigenvalue weighted by molar-refractivity contribution is 6.00. The van der Waals surface area contributed by atoms with E-state index in [-0.39, 0.29) is 11.8 Å². The van der Waals surface area contributed by atoms with Gasteiger partial charge < -0.3 is 5.32 Å². The van der Waals surface area contributed by atoms with Crippen LogP contribution in [0, 0.1) is 0 Å². The molecule has 2 atom stereocenters.